The molecule has 3 rings (SSSR count). The molecule has 3 fully saturated rings. The fourth-order valence-corrected chi connectivity index (χ4v) is 5.10. The Balaban J connectivity index is 1.92. The van der Waals surface area contributed by atoms with Crippen LogP contribution < -0.4 is 0 Å². The van der Waals surface area contributed by atoms with Crippen molar-refractivity contribution in [3.8, 4) is 0 Å². The second kappa shape index (κ2) is 4.97. The van der Waals surface area contributed by atoms with Crippen molar-refractivity contribution in [3.63, 3.8) is 0 Å². The summed E-state index contributed by atoms with van der Waals surface area (Å²) in [6.45, 7) is 7.63. The molecule has 3 nitrogen and oxygen atoms in total. The first-order valence-corrected chi connectivity index (χ1v) is 7.85. The standard InChI is InChI=1S/C17H26O3/c1-3-5-12-9-16(19)11-14(6-4-2)20-17(16)10-13(18)7-8-15(12)17/h3-4,12-15,18-19H,1-2,5-11H2/t12-,13-,14-,15-,16?,17-/m1/s1. The predicted octanol–water partition coefficient (Wildman–Crippen LogP) is 2.58. The first-order chi connectivity index (χ1) is 9.54. The molecule has 1 heterocycles. The minimum Gasteiger partial charge on any atom is -0.393 e. The lowest BCUT2D eigenvalue weighted by Gasteiger charge is -2.45. The molecule has 0 bridgehead atoms. The van der Waals surface area contributed by atoms with Gasteiger partial charge in [0.15, 0.2) is 0 Å². The molecule has 0 aromatic heterocycles. The van der Waals surface area contributed by atoms with Crippen LogP contribution in [0.15, 0.2) is 25.3 Å². The smallest absolute Gasteiger partial charge is 0.103 e. The van der Waals surface area contributed by atoms with Crippen LogP contribution in [0.1, 0.15) is 44.9 Å². The monoisotopic (exact) mass is 278 g/mol. The molecule has 1 aliphatic heterocycles. The molecule has 2 aliphatic carbocycles. The van der Waals surface area contributed by atoms with Crippen molar-refractivity contribution in [3.05, 3.63) is 25.3 Å². The molecular weight excluding hydrogens is 252 g/mol. The highest BCUT2D eigenvalue weighted by Crippen LogP contribution is 2.62. The van der Waals surface area contributed by atoms with Gasteiger partial charge in [-0.1, -0.05) is 12.2 Å². The fourth-order valence-electron chi connectivity index (χ4n) is 5.10. The molecule has 0 radical (unpaired) electrons. The summed E-state index contributed by atoms with van der Waals surface area (Å²) in [5.41, 5.74) is -1.31. The van der Waals surface area contributed by atoms with Gasteiger partial charge < -0.3 is 14.9 Å². The van der Waals surface area contributed by atoms with Gasteiger partial charge in [0, 0.05) is 12.8 Å². The molecule has 3 aliphatic rings. The van der Waals surface area contributed by atoms with Crippen molar-refractivity contribution in [1.82, 2.24) is 0 Å². The lowest BCUT2D eigenvalue weighted by molar-refractivity contribution is -0.172. The zero-order chi connectivity index (χ0) is 14.4. The topological polar surface area (TPSA) is 49.7 Å². The minimum absolute atomic E-state index is 0.0509. The van der Waals surface area contributed by atoms with Crippen LogP contribution in [0.5, 0.6) is 0 Å². The van der Waals surface area contributed by atoms with Crippen LogP contribution in [0.4, 0.5) is 0 Å². The number of hydrogen-bond acceptors (Lipinski definition) is 3. The van der Waals surface area contributed by atoms with Crippen LogP contribution in [0, 0.1) is 11.8 Å². The van der Waals surface area contributed by atoms with Gasteiger partial charge in [-0.2, -0.15) is 0 Å². The van der Waals surface area contributed by atoms with Crippen molar-refractivity contribution in [2.75, 3.05) is 0 Å². The molecule has 0 aromatic rings. The Morgan fingerprint density at radius 1 is 1.10 bits per heavy atom. The summed E-state index contributed by atoms with van der Waals surface area (Å²) in [5.74, 6) is 0.790. The third kappa shape index (κ3) is 1.91. The molecule has 20 heavy (non-hydrogen) atoms. The van der Waals surface area contributed by atoms with E-state index in [9.17, 15) is 10.2 Å². The van der Waals surface area contributed by atoms with Crippen molar-refractivity contribution >= 4 is 0 Å². The molecule has 2 N–H and O–H groups in total. The Morgan fingerprint density at radius 2 is 1.85 bits per heavy atom. The largest absolute Gasteiger partial charge is 0.393 e. The van der Waals surface area contributed by atoms with Crippen molar-refractivity contribution in [1.29, 1.82) is 0 Å². The van der Waals surface area contributed by atoms with Crippen LogP contribution in [0.2, 0.25) is 0 Å². The average molecular weight is 278 g/mol. The minimum atomic E-state index is -0.777. The first kappa shape index (κ1) is 14.3. The lowest BCUT2D eigenvalue weighted by atomic mass is 9.69. The normalized spacial score (nSPS) is 50.5. The molecule has 1 spiro atoms. The molecule has 112 valence electrons. The highest BCUT2D eigenvalue weighted by Gasteiger charge is 2.69. The van der Waals surface area contributed by atoms with Gasteiger partial charge in [0.1, 0.15) is 5.60 Å². The van der Waals surface area contributed by atoms with Crippen LogP contribution in [0.3, 0.4) is 0 Å². The number of ether oxygens (including phenoxy) is 1. The van der Waals surface area contributed by atoms with Gasteiger partial charge >= 0.3 is 0 Å². The zero-order valence-corrected chi connectivity index (χ0v) is 12.1. The van der Waals surface area contributed by atoms with E-state index in [1.165, 1.54) is 0 Å². The van der Waals surface area contributed by atoms with Gasteiger partial charge in [-0.25, -0.2) is 0 Å². The van der Waals surface area contributed by atoms with Gasteiger partial charge in [0.25, 0.3) is 0 Å². The quantitative estimate of drug-likeness (QED) is 0.777. The van der Waals surface area contributed by atoms with Crippen molar-refractivity contribution in [2.45, 2.75) is 68.4 Å². The maximum atomic E-state index is 11.2. The maximum Gasteiger partial charge on any atom is 0.103 e. The third-order valence-electron chi connectivity index (χ3n) is 5.75. The fraction of sp³-hybridized carbons (Fsp3) is 0.765. The lowest BCUT2D eigenvalue weighted by Crippen LogP contribution is -2.54. The van der Waals surface area contributed by atoms with Gasteiger partial charge in [0.2, 0.25) is 0 Å². The molecule has 1 unspecified atom stereocenters. The second-order valence-electron chi connectivity index (χ2n) is 6.92. The molecule has 6 atom stereocenters. The van der Waals surface area contributed by atoms with Crippen LogP contribution in [-0.4, -0.2) is 33.6 Å². The second-order valence-corrected chi connectivity index (χ2v) is 6.92. The average Bonchev–Trinajstić information content (AvgIpc) is 2.73. The van der Waals surface area contributed by atoms with Gasteiger partial charge in [-0.05, 0) is 43.9 Å². The number of allylic oxidation sites excluding steroid dienone is 1. The summed E-state index contributed by atoms with van der Waals surface area (Å²) < 4.78 is 6.35. The van der Waals surface area contributed by atoms with Crippen molar-refractivity contribution in [2.24, 2.45) is 11.8 Å². The summed E-state index contributed by atoms with van der Waals surface area (Å²) in [6, 6.07) is 0. The van der Waals surface area contributed by atoms with E-state index in [2.05, 4.69) is 13.2 Å². The SMILES string of the molecule is C=CC[C@@H]1CC2(O)C[C@@H](CC=C)[C@H]3CC[C@@H](O)C[C@@]32O1. The molecule has 2 saturated carbocycles. The highest BCUT2D eigenvalue weighted by atomic mass is 16.5. The third-order valence-corrected chi connectivity index (χ3v) is 5.75. The van der Waals surface area contributed by atoms with Crippen LogP contribution in [0.25, 0.3) is 0 Å². The van der Waals surface area contributed by atoms with E-state index in [-0.39, 0.29) is 12.2 Å². The number of rotatable bonds is 4. The predicted molar refractivity (Wildman–Crippen MR) is 78.3 cm³/mol. The number of hydrogen-bond donors (Lipinski definition) is 2. The van der Waals surface area contributed by atoms with E-state index in [1.54, 1.807) is 0 Å². The summed E-state index contributed by atoms with van der Waals surface area (Å²) in [5, 5.41) is 21.3. The van der Waals surface area contributed by atoms with Gasteiger partial charge in [-0.15, -0.1) is 13.2 Å². The van der Waals surface area contributed by atoms with E-state index >= 15 is 0 Å². The van der Waals surface area contributed by atoms with Crippen LogP contribution in [-0.2, 0) is 4.74 Å². The number of aliphatic hydroxyl groups is 2. The van der Waals surface area contributed by atoms with E-state index < -0.39 is 11.2 Å². The maximum absolute atomic E-state index is 11.2. The van der Waals surface area contributed by atoms with Crippen molar-refractivity contribution < 1.29 is 14.9 Å². The highest BCUT2D eigenvalue weighted by molar-refractivity contribution is 5.20. The first-order valence-electron chi connectivity index (χ1n) is 7.85. The van der Waals surface area contributed by atoms with E-state index in [0.717, 1.165) is 32.1 Å². The Kier molecular flexibility index (Phi) is 3.56. The number of aliphatic hydroxyl groups excluding tert-OH is 1. The summed E-state index contributed by atoms with van der Waals surface area (Å²) >= 11 is 0. The Bertz CT molecular complexity index is 407. The molecule has 3 heteroatoms. The molecule has 0 amide bonds. The van der Waals surface area contributed by atoms with Crippen LogP contribution >= 0.6 is 0 Å². The molecule has 1 saturated heterocycles. The summed E-state index contributed by atoms with van der Waals surface area (Å²) in [6.07, 6.45) is 9.04. The van der Waals surface area contributed by atoms with Gasteiger partial charge in [-0.3, -0.25) is 0 Å². The zero-order valence-electron chi connectivity index (χ0n) is 12.1. The Labute approximate surface area is 121 Å². The van der Waals surface area contributed by atoms with Gasteiger partial charge in [0.05, 0.1) is 17.8 Å². The summed E-state index contributed by atoms with van der Waals surface area (Å²) in [7, 11) is 0. The Hall–Kier alpha value is -0.640. The van der Waals surface area contributed by atoms with E-state index in [1.807, 2.05) is 12.2 Å². The Morgan fingerprint density at radius 3 is 2.55 bits per heavy atom. The van der Waals surface area contributed by atoms with E-state index in [0.29, 0.717) is 24.7 Å². The molecule has 0 aromatic carbocycles. The van der Waals surface area contributed by atoms with E-state index in [4.69, 9.17) is 4.74 Å². The molecular formula is C17H26O3. The summed E-state index contributed by atoms with van der Waals surface area (Å²) in [4.78, 5) is 0.